The molecule has 3 atom stereocenters. The maximum Gasteiger partial charge on any atom is 0.0859 e. The molecule has 0 aromatic rings. The van der Waals surface area contributed by atoms with Gasteiger partial charge < -0.3 is 4.74 Å². The zero-order valence-corrected chi connectivity index (χ0v) is 12.5. The molecule has 0 aliphatic carbocycles. The van der Waals surface area contributed by atoms with Gasteiger partial charge in [-0.05, 0) is 25.7 Å². The lowest BCUT2D eigenvalue weighted by molar-refractivity contribution is 0.0755. The van der Waals surface area contributed by atoms with Crippen LogP contribution in [0.25, 0.3) is 0 Å². The molecule has 108 valence electrons. The number of ether oxygens (including phenoxy) is 1. The van der Waals surface area contributed by atoms with Gasteiger partial charge in [-0.25, -0.2) is 0 Å². The van der Waals surface area contributed by atoms with Gasteiger partial charge in [0.15, 0.2) is 0 Å². The minimum atomic E-state index is -0.120. The first-order valence-electron chi connectivity index (χ1n) is 8.37. The van der Waals surface area contributed by atoms with Gasteiger partial charge in [-0.2, -0.15) is 5.26 Å². The van der Waals surface area contributed by atoms with Crippen LogP contribution in [0, 0.1) is 16.7 Å². The molecule has 2 rings (SSSR count). The van der Waals surface area contributed by atoms with Crippen molar-refractivity contribution in [3.63, 3.8) is 0 Å². The highest BCUT2D eigenvalue weighted by molar-refractivity contribution is 5.12. The van der Waals surface area contributed by atoms with Gasteiger partial charge in [-0.1, -0.05) is 58.3 Å². The van der Waals surface area contributed by atoms with E-state index in [-0.39, 0.29) is 11.5 Å². The number of nitrogens with zero attached hydrogens (tertiary/aromatic N) is 1. The molecule has 0 amide bonds. The van der Waals surface area contributed by atoms with E-state index >= 15 is 0 Å². The van der Waals surface area contributed by atoms with E-state index in [4.69, 9.17) is 4.74 Å². The number of hydrogen-bond acceptors (Lipinski definition) is 2. The second-order valence-electron chi connectivity index (χ2n) is 6.52. The predicted octanol–water partition coefficient (Wildman–Crippen LogP) is 4.98. The van der Waals surface area contributed by atoms with Crippen molar-refractivity contribution in [2.24, 2.45) is 5.41 Å². The fraction of sp³-hybridized carbons (Fsp3) is 0.941. The van der Waals surface area contributed by atoms with Crippen LogP contribution >= 0.6 is 0 Å². The van der Waals surface area contributed by atoms with Gasteiger partial charge in [-0.15, -0.1) is 0 Å². The summed E-state index contributed by atoms with van der Waals surface area (Å²) in [7, 11) is 0. The van der Waals surface area contributed by atoms with E-state index in [1.807, 2.05) is 0 Å². The van der Waals surface area contributed by atoms with E-state index in [1.165, 1.54) is 57.8 Å². The molecule has 0 aromatic carbocycles. The maximum atomic E-state index is 9.51. The van der Waals surface area contributed by atoms with Crippen LogP contribution in [-0.2, 0) is 4.74 Å². The molecule has 2 aliphatic rings. The van der Waals surface area contributed by atoms with Gasteiger partial charge in [0, 0.05) is 0 Å². The third kappa shape index (κ3) is 3.72. The second kappa shape index (κ2) is 7.29. The Hall–Kier alpha value is -0.550. The lowest BCUT2D eigenvalue weighted by Crippen LogP contribution is -2.30. The lowest BCUT2D eigenvalue weighted by atomic mass is 9.72. The van der Waals surface area contributed by atoms with E-state index in [9.17, 15) is 5.26 Å². The highest BCUT2D eigenvalue weighted by atomic mass is 16.5. The molecule has 0 saturated carbocycles. The largest absolute Gasteiger partial charge is 0.373 e. The normalized spacial score (nSPS) is 32.6. The first-order chi connectivity index (χ1) is 9.30. The molecule has 2 bridgehead atoms. The summed E-state index contributed by atoms with van der Waals surface area (Å²) in [4.78, 5) is 0. The van der Waals surface area contributed by atoms with Crippen LogP contribution < -0.4 is 0 Å². The Morgan fingerprint density at radius 1 is 1.05 bits per heavy atom. The number of nitriles is 1. The summed E-state index contributed by atoms with van der Waals surface area (Å²) in [6, 6.07) is 2.60. The Morgan fingerprint density at radius 2 is 1.74 bits per heavy atom. The van der Waals surface area contributed by atoms with Crippen LogP contribution in [0.4, 0.5) is 0 Å². The van der Waals surface area contributed by atoms with E-state index < -0.39 is 0 Å². The van der Waals surface area contributed by atoms with Crippen molar-refractivity contribution in [3.8, 4) is 6.07 Å². The molecular weight excluding hydrogens is 234 g/mol. The molecule has 0 aromatic heterocycles. The maximum absolute atomic E-state index is 9.51. The van der Waals surface area contributed by atoms with Crippen molar-refractivity contribution in [2.45, 2.75) is 96.2 Å². The van der Waals surface area contributed by atoms with E-state index in [0.29, 0.717) is 6.10 Å². The van der Waals surface area contributed by atoms with Crippen LogP contribution in [0.5, 0.6) is 0 Å². The Morgan fingerprint density at radius 3 is 2.26 bits per heavy atom. The fourth-order valence-electron chi connectivity index (χ4n) is 3.81. The summed E-state index contributed by atoms with van der Waals surface area (Å²) in [5.41, 5.74) is -0.120. The molecule has 3 unspecified atom stereocenters. The smallest absolute Gasteiger partial charge is 0.0859 e. The summed E-state index contributed by atoms with van der Waals surface area (Å²) < 4.78 is 5.88. The standard InChI is InChI=1S/C17H29NO/c1-2-3-4-5-6-7-8-9-12-17(14-18)13-15-10-11-16(17)19-15/h15-16H,2-13H2,1H3. The van der Waals surface area contributed by atoms with Gasteiger partial charge in [0.25, 0.3) is 0 Å². The average Bonchev–Trinajstić information content (AvgIpc) is 3.03. The molecule has 2 heteroatoms. The number of rotatable bonds is 9. The Balaban J connectivity index is 1.57. The quantitative estimate of drug-likeness (QED) is 0.550. The van der Waals surface area contributed by atoms with Crippen LogP contribution in [0.15, 0.2) is 0 Å². The predicted molar refractivity (Wildman–Crippen MR) is 77.8 cm³/mol. The van der Waals surface area contributed by atoms with E-state index in [1.54, 1.807) is 0 Å². The molecule has 2 aliphatic heterocycles. The molecule has 2 heterocycles. The van der Waals surface area contributed by atoms with Crippen molar-refractivity contribution < 1.29 is 4.74 Å². The van der Waals surface area contributed by atoms with Crippen LogP contribution in [0.3, 0.4) is 0 Å². The summed E-state index contributed by atoms with van der Waals surface area (Å²) >= 11 is 0. The summed E-state index contributed by atoms with van der Waals surface area (Å²) in [6.45, 7) is 2.26. The van der Waals surface area contributed by atoms with Crippen molar-refractivity contribution >= 4 is 0 Å². The molecule has 0 spiro atoms. The number of unbranched alkanes of at least 4 members (excludes halogenated alkanes) is 7. The topological polar surface area (TPSA) is 33.0 Å². The van der Waals surface area contributed by atoms with Gasteiger partial charge in [0.1, 0.15) is 0 Å². The second-order valence-corrected chi connectivity index (χ2v) is 6.52. The lowest BCUT2D eigenvalue weighted by Gasteiger charge is -2.28. The van der Waals surface area contributed by atoms with Gasteiger partial charge >= 0.3 is 0 Å². The molecule has 19 heavy (non-hydrogen) atoms. The van der Waals surface area contributed by atoms with E-state index in [2.05, 4.69) is 13.0 Å². The third-order valence-corrected chi connectivity index (χ3v) is 5.01. The Labute approximate surface area is 118 Å². The zero-order chi connectivity index (χ0) is 13.6. The Kier molecular flexibility index (Phi) is 5.70. The Bertz CT molecular complexity index is 309. The highest BCUT2D eigenvalue weighted by Gasteiger charge is 2.52. The van der Waals surface area contributed by atoms with Gasteiger partial charge in [-0.3, -0.25) is 0 Å². The SMILES string of the molecule is CCCCCCCCCCC1(C#N)CC2CCC1O2. The van der Waals surface area contributed by atoms with Gasteiger partial charge in [0.2, 0.25) is 0 Å². The monoisotopic (exact) mass is 263 g/mol. The molecule has 0 N–H and O–H groups in total. The summed E-state index contributed by atoms with van der Waals surface area (Å²) in [5, 5.41) is 9.51. The minimum Gasteiger partial charge on any atom is -0.373 e. The van der Waals surface area contributed by atoms with Crippen LogP contribution in [0.1, 0.15) is 84.0 Å². The first kappa shape index (κ1) is 14.9. The molecule has 2 nitrogen and oxygen atoms in total. The summed E-state index contributed by atoms with van der Waals surface area (Å²) in [5.74, 6) is 0. The first-order valence-corrected chi connectivity index (χ1v) is 8.37. The highest BCUT2D eigenvalue weighted by Crippen LogP contribution is 2.50. The van der Waals surface area contributed by atoms with E-state index in [0.717, 1.165) is 19.3 Å². The van der Waals surface area contributed by atoms with Crippen molar-refractivity contribution in [3.05, 3.63) is 0 Å². The summed E-state index contributed by atoms with van der Waals surface area (Å²) in [6.07, 6.45) is 15.8. The van der Waals surface area contributed by atoms with Crippen molar-refractivity contribution in [1.29, 1.82) is 5.26 Å². The third-order valence-electron chi connectivity index (χ3n) is 5.01. The van der Waals surface area contributed by atoms with Crippen molar-refractivity contribution in [2.75, 3.05) is 0 Å². The van der Waals surface area contributed by atoms with Crippen molar-refractivity contribution in [1.82, 2.24) is 0 Å². The minimum absolute atomic E-state index is 0.120. The van der Waals surface area contributed by atoms with Gasteiger partial charge in [0.05, 0.1) is 23.7 Å². The molecular formula is C17H29NO. The van der Waals surface area contributed by atoms with Crippen LogP contribution in [0.2, 0.25) is 0 Å². The van der Waals surface area contributed by atoms with Crippen LogP contribution in [-0.4, -0.2) is 12.2 Å². The molecule has 0 radical (unpaired) electrons. The molecule has 2 fully saturated rings. The molecule has 2 saturated heterocycles. The number of fused-ring (bicyclic) bond motifs is 2. The number of hydrogen-bond donors (Lipinski definition) is 0. The fourth-order valence-corrected chi connectivity index (χ4v) is 3.81. The average molecular weight is 263 g/mol. The zero-order valence-electron chi connectivity index (χ0n) is 12.5.